The van der Waals surface area contributed by atoms with E-state index >= 15 is 0 Å². The molecule has 2 fully saturated rings. The highest BCUT2D eigenvalue weighted by Gasteiger charge is 2.50. The molecule has 2 aromatic carbocycles. The van der Waals surface area contributed by atoms with E-state index in [-0.39, 0.29) is 12.5 Å². The maximum Gasteiger partial charge on any atom is 0.223 e. The molecule has 2 aliphatic rings. The Balaban J connectivity index is 1.50. The van der Waals surface area contributed by atoms with Gasteiger partial charge < -0.3 is 29.4 Å². The Kier molecular flexibility index (Phi) is 7.10. The SMILES string of the molecule is CC[C@H](C)c1ccc(O[C@@H]2O[C@@H]3CO[C@H](c4ccccc4)O[C@@H]3[C@H](O)[C@@H]2NC(C)=O)cc1. The molecular weight excluding hydrogens is 410 g/mol. The molecule has 2 aliphatic heterocycles. The highest BCUT2D eigenvalue weighted by molar-refractivity contribution is 5.73. The van der Waals surface area contributed by atoms with Crippen LogP contribution in [0.2, 0.25) is 0 Å². The van der Waals surface area contributed by atoms with Gasteiger partial charge in [-0.1, -0.05) is 56.3 Å². The van der Waals surface area contributed by atoms with Crippen molar-refractivity contribution in [2.45, 2.75) is 70.0 Å². The molecule has 7 nitrogen and oxygen atoms in total. The summed E-state index contributed by atoms with van der Waals surface area (Å²) < 4.78 is 24.1. The van der Waals surface area contributed by atoms with Crippen LogP contribution < -0.4 is 10.1 Å². The van der Waals surface area contributed by atoms with E-state index in [1.54, 1.807) is 0 Å². The molecule has 4 rings (SSSR count). The van der Waals surface area contributed by atoms with Crippen LogP contribution in [-0.4, -0.2) is 48.3 Å². The fourth-order valence-electron chi connectivity index (χ4n) is 4.11. The van der Waals surface area contributed by atoms with Crippen molar-refractivity contribution >= 4 is 5.91 Å². The second-order valence-electron chi connectivity index (χ2n) is 8.43. The van der Waals surface area contributed by atoms with Gasteiger partial charge in [0.1, 0.15) is 30.1 Å². The van der Waals surface area contributed by atoms with Gasteiger partial charge in [-0.05, 0) is 30.0 Å². The summed E-state index contributed by atoms with van der Waals surface area (Å²) in [5, 5.41) is 13.9. The van der Waals surface area contributed by atoms with Crippen LogP contribution in [0.25, 0.3) is 0 Å². The lowest BCUT2D eigenvalue weighted by Crippen LogP contribution is -2.67. The van der Waals surface area contributed by atoms with Crippen LogP contribution in [0.1, 0.15) is 50.5 Å². The Morgan fingerprint density at radius 3 is 2.53 bits per heavy atom. The summed E-state index contributed by atoms with van der Waals surface area (Å²) in [6, 6.07) is 16.5. The molecular formula is C25H31NO6. The molecule has 32 heavy (non-hydrogen) atoms. The number of benzene rings is 2. The number of fused-ring (bicyclic) bond motifs is 1. The van der Waals surface area contributed by atoms with Crippen molar-refractivity contribution in [3.8, 4) is 5.75 Å². The minimum Gasteiger partial charge on any atom is -0.463 e. The summed E-state index contributed by atoms with van der Waals surface area (Å²) in [6.07, 6.45) is -2.67. The van der Waals surface area contributed by atoms with E-state index < -0.39 is 36.9 Å². The maximum absolute atomic E-state index is 11.9. The molecule has 0 saturated carbocycles. The van der Waals surface area contributed by atoms with Crippen LogP contribution in [0.5, 0.6) is 5.75 Å². The lowest BCUT2D eigenvalue weighted by molar-refractivity contribution is -0.333. The minimum absolute atomic E-state index is 0.237. The lowest BCUT2D eigenvalue weighted by atomic mass is 9.95. The van der Waals surface area contributed by atoms with Gasteiger partial charge in [-0.25, -0.2) is 0 Å². The number of hydrogen-bond donors (Lipinski definition) is 2. The Hall–Kier alpha value is -2.45. The van der Waals surface area contributed by atoms with Crippen molar-refractivity contribution in [2.24, 2.45) is 0 Å². The van der Waals surface area contributed by atoms with E-state index in [9.17, 15) is 9.90 Å². The van der Waals surface area contributed by atoms with Gasteiger partial charge in [-0.15, -0.1) is 0 Å². The Morgan fingerprint density at radius 2 is 1.88 bits per heavy atom. The van der Waals surface area contributed by atoms with E-state index in [1.807, 2.05) is 54.6 Å². The standard InChI is InChI=1S/C25H31NO6/c1-4-15(2)17-10-12-19(13-11-17)30-25-21(26-16(3)27)22(28)23-20(31-25)14-29-24(32-23)18-8-6-5-7-9-18/h5-13,15,20-25,28H,4,14H2,1-3H3,(H,26,27)/t15-,20+,21-,22+,23-,24-,25+/m0/s1. The lowest BCUT2D eigenvalue weighted by Gasteiger charge is -2.47. The smallest absolute Gasteiger partial charge is 0.223 e. The minimum atomic E-state index is -1.03. The third-order valence-corrected chi connectivity index (χ3v) is 6.12. The molecule has 1 amide bonds. The zero-order chi connectivity index (χ0) is 22.7. The van der Waals surface area contributed by atoms with Gasteiger partial charge in [-0.3, -0.25) is 4.79 Å². The number of hydrogen-bond acceptors (Lipinski definition) is 6. The van der Waals surface area contributed by atoms with Crippen molar-refractivity contribution in [1.82, 2.24) is 5.32 Å². The second-order valence-corrected chi connectivity index (χ2v) is 8.43. The van der Waals surface area contributed by atoms with E-state index in [1.165, 1.54) is 12.5 Å². The summed E-state index contributed by atoms with van der Waals surface area (Å²) in [6.45, 7) is 5.96. The van der Waals surface area contributed by atoms with Crippen molar-refractivity contribution in [2.75, 3.05) is 6.61 Å². The number of aliphatic hydroxyl groups excluding tert-OH is 1. The van der Waals surface area contributed by atoms with Crippen molar-refractivity contribution < 1.29 is 28.8 Å². The molecule has 0 spiro atoms. The van der Waals surface area contributed by atoms with Gasteiger partial charge in [0.2, 0.25) is 12.2 Å². The molecule has 0 aliphatic carbocycles. The number of nitrogens with one attached hydrogen (secondary N) is 1. The topological polar surface area (TPSA) is 86.2 Å². The van der Waals surface area contributed by atoms with Gasteiger partial charge in [0.15, 0.2) is 6.29 Å². The monoisotopic (exact) mass is 441 g/mol. The third kappa shape index (κ3) is 4.96. The quantitative estimate of drug-likeness (QED) is 0.716. The van der Waals surface area contributed by atoms with Gasteiger partial charge in [0.05, 0.1) is 6.61 Å². The zero-order valence-corrected chi connectivity index (χ0v) is 18.6. The molecule has 0 radical (unpaired) electrons. The zero-order valence-electron chi connectivity index (χ0n) is 18.6. The number of rotatable bonds is 6. The van der Waals surface area contributed by atoms with E-state index in [2.05, 4.69) is 19.2 Å². The largest absolute Gasteiger partial charge is 0.463 e. The normalized spacial score (nSPS) is 30.8. The fraction of sp³-hybridized carbons (Fsp3) is 0.480. The summed E-state index contributed by atoms with van der Waals surface area (Å²) in [5.41, 5.74) is 2.08. The average Bonchev–Trinajstić information content (AvgIpc) is 2.82. The molecule has 0 unspecified atom stereocenters. The second kappa shape index (κ2) is 10.0. The van der Waals surface area contributed by atoms with Gasteiger partial charge >= 0.3 is 0 Å². The Labute approximate surface area is 188 Å². The number of amides is 1. The molecule has 2 aromatic rings. The summed E-state index contributed by atoms with van der Waals surface area (Å²) in [4.78, 5) is 11.9. The molecule has 7 heteroatoms. The van der Waals surface area contributed by atoms with Crippen LogP contribution in [-0.2, 0) is 19.0 Å². The average molecular weight is 442 g/mol. The first-order valence-corrected chi connectivity index (χ1v) is 11.2. The molecule has 172 valence electrons. The molecule has 0 aromatic heterocycles. The van der Waals surface area contributed by atoms with Crippen LogP contribution in [0.4, 0.5) is 0 Å². The maximum atomic E-state index is 11.9. The van der Waals surface area contributed by atoms with Gasteiger partial charge in [-0.2, -0.15) is 0 Å². The molecule has 2 saturated heterocycles. The van der Waals surface area contributed by atoms with E-state index in [0.29, 0.717) is 11.7 Å². The van der Waals surface area contributed by atoms with Crippen LogP contribution in [0.15, 0.2) is 54.6 Å². The number of carbonyl (C=O) groups is 1. The van der Waals surface area contributed by atoms with Crippen LogP contribution in [0.3, 0.4) is 0 Å². The first-order valence-electron chi connectivity index (χ1n) is 11.2. The molecule has 0 bridgehead atoms. The predicted molar refractivity (Wildman–Crippen MR) is 118 cm³/mol. The summed E-state index contributed by atoms with van der Waals surface area (Å²) in [7, 11) is 0. The number of aliphatic hydroxyl groups is 1. The van der Waals surface area contributed by atoms with Crippen LogP contribution in [0, 0.1) is 0 Å². The Morgan fingerprint density at radius 1 is 1.16 bits per heavy atom. The van der Waals surface area contributed by atoms with Crippen molar-refractivity contribution in [3.05, 3.63) is 65.7 Å². The van der Waals surface area contributed by atoms with Gasteiger partial charge in [0.25, 0.3) is 0 Å². The summed E-state index contributed by atoms with van der Waals surface area (Å²) >= 11 is 0. The summed E-state index contributed by atoms with van der Waals surface area (Å²) in [5.74, 6) is 0.769. The highest BCUT2D eigenvalue weighted by Crippen LogP contribution is 2.35. The first-order chi connectivity index (χ1) is 15.5. The van der Waals surface area contributed by atoms with Crippen LogP contribution >= 0.6 is 0 Å². The van der Waals surface area contributed by atoms with Crippen molar-refractivity contribution in [3.63, 3.8) is 0 Å². The number of ether oxygens (including phenoxy) is 4. The molecule has 2 N–H and O–H groups in total. The first kappa shape index (κ1) is 22.7. The molecule has 2 heterocycles. The fourth-order valence-corrected chi connectivity index (χ4v) is 4.11. The van der Waals surface area contributed by atoms with E-state index in [4.69, 9.17) is 18.9 Å². The van der Waals surface area contributed by atoms with Gasteiger partial charge in [0, 0.05) is 12.5 Å². The van der Waals surface area contributed by atoms with Crippen molar-refractivity contribution in [1.29, 1.82) is 0 Å². The van der Waals surface area contributed by atoms with E-state index in [0.717, 1.165) is 12.0 Å². The molecule has 7 atom stereocenters. The third-order valence-electron chi connectivity index (χ3n) is 6.12. The Bertz CT molecular complexity index is 889. The predicted octanol–water partition coefficient (Wildman–Crippen LogP) is 3.28. The highest BCUT2D eigenvalue weighted by atomic mass is 16.7. The number of carbonyl (C=O) groups excluding carboxylic acids is 1.